The standard InChI is InChI=1S/C25H26N4O2S/c1-17(32-16-26)18-6-7-20-15-27-24(14-21(20)12-18)28-25(30)19-4-3-5-23(13-19)31-22-8-10-29(2)11-9-22/h3-7,12-16,22,26H,1,8-11H2,2H3,(H,27,28,30). The molecule has 1 aliphatic rings. The van der Waals surface area contributed by atoms with E-state index in [1.165, 1.54) is 17.3 Å². The Morgan fingerprint density at radius 3 is 2.78 bits per heavy atom. The predicted molar refractivity (Wildman–Crippen MR) is 133 cm³/mol. The van der Waals surface area contributed by atoms with Crippen molar-refractivity contribution >= 4 is 44.7 Å². The first-order valence-corrected chi connectivity index (χ1v) is 11.4. The van der Waals surface area contributed by atoms with E-state index in [-0.39, 0.29) is 12.0 Å². The summed E-state index contributed by atoms with van der Waals surface area (Å²) < 4.78 is 6.11. The third kappa shape index (κ3) is 5.36. The zero-order chi connectivity index (χ0) is 22.5. The number of piperidine rings is 1. The van der Waals surface area contributed by atoms with Gasteiger partial charge in [-0.15, -0.1) is 0 Å². The van der Waals surface area contributed by atoms with Crippen LogP contribution in [0.5, 0.6) is 5.75 Å². The average molecular weight is 447 g/mol. The molecule has 0 saturated carbocycles. The van der Waals surface area contributed by atoms with Crippen molar-refractivity contribution in [2.45, 2.75) is 18.9 Å². The van der Waals surface area contributed by atoms with Gasteiger partial charge in [-0.25, -0.2) is 4.98 Å². The average Bonchev–Trinajstić information content (AvgIpc) is 2.80. The maximum Gasteiger partial charge on any atom is 0.256 e. The van der Waals surface area contributed by atoms with Gasteiger partial charge in [-0.1, -0.05) is 36.5 Å². The zero-order valence-electron chi connectivity index (χ0n) is 18.0. The van der Waals surface area contributed by atoms with E-state index in [9.17, 15) is 4.79 Å². The number of anilines is 1. The Bertz CT molecular complexity index is 1160. The Kier molecular flexibility index (Phi) is 6.87. The molecule has 32 heavy (non-hydrogen) atoms. The lowest BCUT2D eigenvalue weighted by atomic mass is 10.1. The van der Waals surface area contributed by atoms with E-state index in [1.54, 1.807) is 18.3 Å². The summed E-state index contributed by atoms with van der Waals surface area (Å²) in [7, 11) is 2.12. The van der Waals surface area contributed by atoms with Gasteiger partial charge >= 0.3 is 0 Å². The molecule has 0 spiro atoms. The largest absolute Gasteiger partial charge is 0.490 e. The second-order valence-electron chi connectivity index (χ2n) is 7.89. The number of rotatable bonds is 7. The number of hydrogen-bond donors (Lipinski definition) is 2. The summed E-state index contributed by atoms with van der Waals surface area (Å²) in [5.41, 5.74) is 2.73. The van der Waals surface area contributed by atoms with Gasteiger partial charge in [0.1, 0.15) is 17.7 Å². The Morgan fingerprint density at radius 1 is 1.19 bits per heavy atom. The molecule has 0 atom stereocenters. The van der Waals surface area contributed by atoms with E-state index >= 15 is 0 Å². The first-order valence-electron chi connectivity index (χ1n) is 10.5. The third-order valence-corrected chi connectivity index (χ3v) is 6.19. The number of nitrogens with one attached hydrogen (secondary N) is 2. The summed E-state index contributed by atoms with van der Waals surface area (Å²) in [6.07, 6.45) is 3.89. The molecule has 1 aliphatic heterocycles. The number of carbonyl (C=O) groups is 1. The third-order valence-electron chi connectivity index (χ3n) is 5.55. The highest BCUT2D eigenvalue weighted by molar-refractivity contribution is 8.19. The van der Waals surface area contributed by atoms with E-state index in [1.807, 2.05) is 36.4 Å². The molecule has 0 unspecified atom stereocenters. The Labute approximate surface area is 192 Å². The zero-order valence-corrected chi connectivity index (χ0v) is 18.8. The molecule has 6 nitrogen and oxygen atoms in total. The number of nitrogens with zero attached hydrogens (tertiary/aromatic N) is 2. The minimum Gasteiger partial charge on any atom is -0.490 e. The second kappa shape index (κ2) is 9.97. The highest BCUT2D eigenvalue weighted by Gasteiger charge is 2.18. The molecule has 4 rings (SSSR count). The quantitative estimate of drug-likeness (QED) is 0.382. The first-order chi connectivity index (χ1) is 15.5. The van der Waals surface area contributed by atoms with E-state index in [4.69, 9.17) is 10.1 Å². The topological polar surface area (TPSA) is 78.3 Å². The molecule has 3 aromatic rings. The normalized spacial score (nSPS) is 14.8. The lowest BCUT2D eigenvalue weighted by Crippen LogP contribution is -2.35. The van der Waals surface area contributed by atoms with Crippen LogP contribution in [-0.4, -0.2) is 47.6 Å². The maximum absolute atomic E-state index is 12.8. The van der Waals surface area contributed by atoms with E-state index in [0.717, 1.165) is 47.2 Å². The van der Waals surface area contributed by atoms with Gasteiger partial charge in [0.05, 0.1) is 5.55 Å². The van der Waals surface area contributed by atoms with Crippen LogP contribution in [0.25, 0.3) is 15.7 Å². The van der Waals surface area contributed by atoms with Crippen LogP contribution in [0.3, 0.4) is 0 Å². The highest BCUT2D eigenvalue weighted by Crippen LogP contribution is 2.27. The van der Waals surface area contributed by atoms with Crippen LogP contribution in [0, 0.1) is 5.41 Å². The summed E-state index contributed by atoms with van der Waals surface area (Å²) in [5.74, 6) is 0.961. The summed E-state index contributed by atoms with van der Waals surface area (Å²) >= 11 is 1.27. The number of hydrogen-bond acceptors (Lipinski definition) is 6. The van der Waals surface area contributed by atoms with Crippen LogP contribution >= 0.6 is 11.8 Å². The van der Waals surface area contributed by atoms with Crippen LogP contribution in [0.1, 0.15) is 28.8 Å². The molecule has 0 bridgehead atoms. The van der Waals surface area contributed by atoms with Gasteiger partial charge < -0.3 is 20.4 Å². The molecule has 1 saturated heterocycles. The van der Waals surface area contributed by atoms with Crippen molar-refractivity contribution in [1.82, 2.24) is 9.88 Å². The minimum atomic E-state index is -0.231. The number of amides is 1. The van der Waals surface area contributed by atoms with Crippen molar-refractivity contribution in [3.05, 3.63) is 72.4 Å². The minimum absolute atomic E-state index is 0.182. The number of thioether (sulfide) groups is 1. The van der Waals surface area contributed by atoms with Gasteiger partial charge in [0.25, 0.3) is 5.91 Å². The molecular formula is C25H26N4O2S. The van der Waals surface area contributed by atoms with Crippen molar-refractivity contribution in [3.63, 3.8) is 0 Å². The number of pyridine rings is 1. The number of ether oxygens (including phenoxy) is 1. The number of carbonyl (C=O) groups excluding carboxylic acids is 1. The van der Waals surface area contributed by atoms with Gasteiger partial charge in [-0.05, 0) is 61.2 Å². The van der Waals surface area contributed by atoms with Gasteiger partial charge in [0, 0.05) is 35.1 Å². The number of benzene rings is 2. The molecule has 1 aromatic heterocycles. The van der Waals surface area contributed by atoms with Crippen LogP contribution in [-0.2, 0) is 0 Å². The Balaban J connectivity index is 1.47. The molecule has 164 valence electrons. The summed E-state index contributed by atoms with van der Waals surface area (Å²) in [5, 5.41) is 12.0. The van der Waals surface area contributed by atoms with Gasteiger partial charge in [-0.2, -0.15) is 0 Å². The summed E-state index contributed by atoms with van der Waals surface area (Å²) in [6.45, 7) is 6.04. The van der Waals surface area contributed by atoms with Crippen molar-refractivity contribution in [1.29, 1.82) is 5.41 Å². The SMILES string of the molecule is C=C(SC=N)c1ccc2cnc(NC(=O)c3cccc(OC4CCN(C)CC4)c3)cc2c1. The monoisotopic (exact) mass is 446 g/mol. The van der Waals surface area contributed by atoms with Crippen molar-refractivity contribution in [2.24, 2.45) is 0 Å². The fourth-order valence-corrected chi connectivity index (χ4v) is 4.12. The fourth-order valence-electron chi connectivity index (χ4n) is 3.72. The number of aromatic nitrogens is 1. The Morgan fingerprint density at radius 2 is 2.00 bits per heavy atom. The first kappa shape index (κ1) is 22.0. The molecule has 0 radical (unpaired) electrons. The lowest BCUT2D eigenvalue weighted by Gasteiger charge is -2.29. The second-order valence-corrected chi connectivity index (χ2v) is 8.86. The van der Waals surface area contributed by atoms with E-state index in [0.29, 0.717) is 17.1 Å². The molecule has 1 fully saturated rings. The van der Waals surface area contributed by atoms with Crippen molar-refractivity contribution in [3.8, 4) is 5.75 Å². The number of fused-ring (bicyclic) bond motifs is 1. The molecule has 0 aliphatic carbocycles. The van der Waals surface area contributed by atoms with Gasteiger partial charge in [0.2, 0.25) is 0 Å². The van der Waals surface area contributed by atoms with E-state index in [2.05, 4.69) is 28.8 Å². The van der Waals surface area contributed by atoms with Crippen LogP contribution in [0.2, 0.25) is 0 Å². The maximum atomic E-state index is 12.8. The molecule has 1 amide bonds. The van der Waals surface area contributed by atoms with Crippen LogP contribution in [0.15, 0.2) is 61.3 Å². The lowest BCUT2D eigenvalue weighted by molar-refractivity contribution is 0.102. The molecule has 2 aromatic carbocycles. The summed E-state index contributed by atoms with van der Waals surface area (Å²) in [6, 6.07) is 15.0. The summed E-state index contributed by atoms with van der Waals surface area (Å²) in [4.78, 5) is 20.3. The fraction of sp³-hybridized carbons (Fsp3) is 0.240. The van der Waals surface area contributed by atoms with Crippen molar-refractivity contribution in [2.75, 3.05) is 25.5 Å². The van der Waals surface area contributed by atoms with E-state index < -0.39 is 0 Å². The van der Waals surface area contributed by atoms with Crippen LogP contribution < -0.4 is 10.1 Å². The van der Waals surface area contributed by atoms with Crippen LogP contribution in [0.4, 0.5) is 5.82 Å². The van der Waals surface area contributed by atoms with Crippen molar-refractivity contribution < 1.29 is 9.53 Å². The van der Waals surface area contributed by atoms with Gasteiger partial charge in [0.15, 0.2) is 0 Å². The molecule has 2 heterocycles. The molecule has 2 N–H and O–H groups in total. The molecule has 7 heteroatoms. The smallest absolute Gasteiger partial charge is 0.256 e. The molecular weight excluding hydrogens is 420 g/mol. The highest BCUT2D eigenvalue weighted by atomic mass is 32.2. The Hall–Kier alpha value is -3.16. The number of likely N-dealkylation sites (tertiary alicyclic amines) is 1. The van der Waals surface area contributed by atoms with Gasteiger partial charge in [-0.3, -0.25) is 4.79 Å². The predicted octanol–water partition coefficient (Wildman–Crippen LogP) is 5.27.